The molecule has 1 N–H and O–H groups in total. The van der Waals surface area contributed by atoms with Crippen molar-refractivity contribution in [2.45, 2.75) is 13.0 Å². The van der Waals surface area contributed by atoms with E-state index in [1.807, 2.05) is 36.0 Å². The van der Waals surface area contributed by atoms with Crippen molar-refractivity contribution in [2.75, 3.05) is 12.4 Å². The van der Waals surface area contributed by atoms with Gasteiger partial charge in [0, 0.05) is 35.7 Å². The minimum absolute atomic E-state index is 0.129. The molecule has 1 aromatic heterocycles. The van der Waals surface area contributed by atoms with E-state index in [1.165, 1.54) is 0 Å². The lowest BCUT2D eigenvalue weighted by atomic mass is 10.2. The second kappa shape index (κ2) is 5.44. The average Bonchev–Trinajstić information content (AvgIpc) is 2.74. The molecule has 2 rings (SSSR count). The topological polar surface area (TPSA) is 39.1 Å². The summed E-state index contributed by atoms with van der Waals surface area (Å²) in [7, 11) is 3.65. The van der Waals surface area contributed by atoms with Crippen LogP contribution in [0.1, 0.15) is 18.8 Å². The number of nitrogens with zero attached hydrogens (tertiary/aromatic N) is 2. The van der Waals surface area contributed by atoms with Gasteiger partial charge in [0.1, 0.15) is 11.6 Å². The highest BCUT2D eigenvalue weighted by Crippen LogP contribution is 2.26. The van der Waals surface area contributed by atoms with Crippen molar-refractivity contribution in [1.29, 1.82) is 0 Å². The van der Waals surface area contributed by atoms with E-state index in [0.29, 0.717) is 0 Å². The highest BCUT2D eigenvalue weighted by Gasteiger charge is 2.10. The number of hydrogen-bond acceptors (Lipinski definition) is 3. The summed E-state index contributed by atoms with van der Waals surface area (Å²) >= 11 is 3.47. The van der Waals surface area contributed by atoms with Crippen molar-refractivity contribution < 1.29 is 4.74 Å². The van der Waals surface area contributed by atoms with E-state index in [4.69, 9.17) is 4.74 Å². The second-order valence-corrected chi connectivity index (χ2v) is 5.06. The molecule has 4 nitrogen and oxygen atoms in total. The summed E-state index contributed by atoms with van der Waals surface area (Å²) in [4.78, 5) is 4.33. The molecule has 1 atom stereocenters. The van der Waals surface area contributed by atoms with Crippen molar-refractivity contribution in [3.63, 3.8) is 0 Å². The molecule has 0 aliphatic rings. The molecule has 0 aliphatic carbocycles. The Bertz CT molecular complexity index is 539. The Morgan fingerprint density at radius 2 is 2.17 bits per heavy atom. The smallest absolute Gasteiger partial charge is 0.130 e. The highest BCUT2D eigenvalue weighted by atomic mass is 79.9. The lowest BCUT2D eigenvalue weighted by molar-refractivity contribution is 0.414. The standard InChI is InChI=1S/C13H16BrN3O/c1-9(13-15-4-5-17(13)2)16-11-6-10(14)7-12(8-11)18-3/h4-9,16H,1-3H3. The molecular formula is C13H16BrN3O. The molecule has 1 heterocycles. The molecule has 18 heavy (non-hydrogen) atoms. The van der Waals surface area contributed by atoms with Crippen LogP contribution in [0.15, 0.2) is 35.1 Å². The first-order chi connectivity index (χ1) is 8.60. The fourth-order valence-corrected chi connectivity index (χ4v) is 2.35. The largest absolute Gasteiger partial charge is 0.497 e. The van der Waals surface area contributed by atoms with Gasteiger partial charge in [0.2, 0.25) is 0 Å². The number of aryl methyl sites for hydroxylation is 1. The van der Waals surface area contributed by atoms with E-state index < -0.39 is 0 Å². The molecule has 0 aliphatic heterocycles. The van der Waals surface area contributed by atoms with Crippen LogP contribution in [0, 0.1) is 0 Å². The Kier molecular flexibility index (Phi) is 3.91. The molecule has 0 radical (unpaired) electrons. The number of imidazole rings is 1. The van der Waals surface area contributed by atoms with Crippen molar-refractivity contribution in [3.05, 3.63) is 40.9 Å². The monoisotopic (exact) mass is 309 g/mol. The van der Waals surface area contributed by atoms with Crippen LogP contribution in [0.25, 0.3) is 0 Å². The maximum Gasteiger partial charge on any atom is 0.130 e. The summed E-state index contributed by atoms with van der Waals surface area (Å²) in [6.45, 7) is 2.08. The summed E-state index contributed by atoms with van der Waals surface area (Å²) in [5.41, 5.74) is 0.997. The van der Waals surface area contributed by atoms with Gasteiger partial charge in [-0.3, -0.25) is 0 Å². The molecule has 0 fully saturated rings. The number of rotatable bonds is 4. The van der Waals surface area contributed by atoms with Crippen molar-refractivity contribution in [3.8, 4) is 5.75 Å². The van der Waals surface area contributed by atoms with Crippen LogP contribution in [0.4, 0.5) is 5.69 Å². The van der Waals surface area contributed by atoms with Gasteiger partial charge in [-0.25, -0.2) is 4.98 Å². The number of methoxy groups -OCH3 is 1. The number of hydrogen-bond donors (Lipinski definition) is 1. The van der Waals surface area contributed by atoms with Crippen LogP contribution in [0.5, 0.6) is 5.75 Å². The number of aromatic nitrogens is 2. The average molecular weight is 310 g/mol. The van der Waals surface area contributed by atoms with Crippen molar-refractivity contribution in [1.82, 2.24) is 9.55 Å². The summed E-state index contributed by atoms with van der Waals surface area (Å²) in [6, 6.07) is 6.03. The number of halogens is 1. The lowest BCUT2D eigenvalue weighted by Gasteiger charge is -2.16. The molecular weight excluding hydrogens is 294 g/mol. The van der Waals surface area contributed by atoms with Gasteiger partial charge in [0.25, 0.3) is 0 Å². The van der Waals surface area contributed by atoms with Gasteiger partial charge in [-0.2, -0.15) is 0 Å². The van der Waals surface area contributed by atoms with Crippen LogP contribution in [0.3, 0.4) is 0 Å². The molecule has 0 saturated heterocycles. The molecule has 96 valence electrons. The lowest BCUT2D eigenvalue weighted by Crippen LogP contribution is -2.11. The van der Waals surface area contributed by atoms with Crippen LogP contribution in [-0.2, 0) is 7.05 Å². The summed E-state index contributed by atoms with van der Waals surface area (Å²) in [5.74, 6) is 1.81. The molecule has 1 aromatic carbocycles. The SMILES string of the molecule is COc1cc(Br)cc(NC(C)c2nccn2C)c1. The Balaban J connectivity index is 2.19. The molecule has 0 saturated carbocycles. The van der Waals surface area contributed by atoms with E-state index in [-0.39, 0.29) is 6.04 Å². The van der Waals surface area contributed by atoms with Crippen LogP contribution < -0.4 is 10.1 Å². The van der Waals surface area contributed by atoms with E-state index in [9.17, 15) is 0 Å². The molecule has 2 aromatic rings. The zero-order valence-electron chi connectivity index (χ0n) is 10.6. The quantitative estimate of drug-likeness (QED) is 0.941. The van der Waals surface area contributed by atoms with E-state index in [0.717, 1.165) is 21.7 Å². The number of anilines is 1. The van der Waals surface area contributed by atoms with Gasteiger partial charge >= 0.3 is 0 Å². The first-order valence-electron chi connectivity index (χ1n) is 5.68. The first kappa shape index (κ1) is 13.0. The zero-order valence-corrected chi connectivity index (χ0v) is 12.2. The Morgan fingerprint density at radius 3 is 2.78 bits per heavy atom. The minimum atomic E-state index is 0.129. The highest BCUT2D eigenvalue weighted by molar-refractivity contribution is 9.10. The predicted octanol–water partition coefficient (Wildman–Crippen LogP) is 3.36. The van der Waals surface area contributed by atoms with E-state index >= 15 is 0 Å². The number of benzene rings is 1. The van der Waals surface area contributed by atoms with Crippen molar-refractivity contribution in [2.24, 2.45) is 7.05 Å². The summed E-state index contributed by atoms with van der Waals surface area (Å²) in [5, 5.41) is 3.41. The minimum Gasteiger partial charge on any atom is -0.497 e. The second-order valence-electron chi connectivity index (χ2n) is 4.14. The van der Waals surface area contributed by atoms with Crippen LogP contribution in [-0.4, -0.2) is 16.7 Å². The Labute approximate surface area is 115 Å². The third-order valence-electron chi connectivity index (χ3n) is 2.74. The third-order valence-corrected chi connectivity index (χ3v) is 3.19. The first-order valence-corrected chi connectivity index (χ1v) is 6.48. The zero-order chi connectivity index (χ0) is 13.1. The van der Waals surface area contributed by atoms with Gasteiger partial charge in [0.05, 0.1) is 13.2 Å². The molecule has 0 spiro atoms. The fourth-order valence-electron chi connectivity index (χ4n) is 1.87. The van der Waals surface area contributed by atoms with Gasteiger partial charge in [0.15, 0.2) is 0 Å². The fraction of sp³-hybridized carbons (Fsp3) is 0.308. The molecule has 1 unspecified atom stereocenters. The van der Waals surface area contributed by atoms with Gasteiger partial charge in [-0.05, 0) is 19.1 Å². The van der Waals surface area contributed by atoms with Gasteiger partial charge in [-0.1, -0.05) is 15.9 Å². The van der Waals surface area contributed by atoms with E-state index in [1.54, 1.807) is 13.3 Å². The maximum atomic E-state index is 5.24. The predicted molar refractivity (Wildman–Crippen MR) is 75.9 cm³/mol. The normalized spacial score (nSPS) is 12.2. The Hall–Kier alpha value is -1.49. The van der Waals surface area contributed by atoms with Crippen LogP contribution >= 0.6 is 15.9 Å². The van der Waals surface area contributed by atoms with E-state index in [2.05, 4.69) is 33.2 Å². The summed E-state index contributed by atoms with van der Waals surface area (Å²) in [6.07, 6.45) is 3.74. The Morgan fingerprint density at radius 1 is 1.39 bits per heavy atom. The third kappa shape index (κ3) is 2.85. The number of ether oxygens (including phenoxy) is 1. The van der Waals surface area contributed by atoms with Crippen molar-refractivity contribution >= 4 is 21.6 Å². The molecule has 0 bridgehead atoms. The molecule has 5 heteroatoms. The molecule has 0 amide bonds. The maximum absolute atomic E-state index is 5.24. The van der Waals surface area contributed by atoms with Gasteiger partial charge < -0.3 is 14.6 Å². The summed E-state index contributed by atoms with van der Waals surface area (Å²) < 4.78 is 8.23. The number of nitrogens with one attached hydrogen (secondary N) is 1. The van der Waals surface area contributed by atoms with Crippen LogP contribution in [0.2, 0.25) is 0 Å². The van der Waals surface area contributed by atoms with Gasteiger partial charge in [-0.15, -0.1) is 0 Å².